The summed E-state index contributed by atoms with van der Waals surface area (Å²) in [5.74, 6) is 0.301. The van der Waals surface area contributed by atoms with E-state index in [1.807, 2.05) is 66.7 Å². The predicted molar refractivity (Wildman–Crippen MR) is 80.8 cm³/mol. The van der Waals surface area contributed by atoms with Gasteiger partial charge in [0, 0.05) is 6.07 Å². The zero-order valence-corrected chi connectivity index (χ0v) is 11.8. The zero-order valence-electron chi connectivity index (χ0n) is 11.8. The molecule has 4 nitrogen and oxygen atoms in total. The molecular formula is C18H14N2O2. The highest BCUT2D eigenvalue weighted by Gasteiger charge is 2.37. The number of aromatic nitrogens is 1. The van der Waals surface area contributed by atoms with E-state index in [2.05, 4.69) is 5.16 Å². The second kappa shape index (κ2) is 5.84. The Bertz CT molecular complexity index is 749. The molecule has 0 unspecified atom stereocenters. The zero-order chi connectivity index (χ0) is 15.4. The largest absolute Gasteiger partial charge is 0.373 e. The molecule has 0 spiro atoms. The van der Waals surface area contributed by atoms with Crippen molar-refractivity contribution in [1.29, 1.82) is 5.26 Å². The van der Waals surface area contributed by atoms with E-state index in [9.17, 15) is 5.11 Å². The highest BCUT2D eigenvalue weighted by Crippen LogP contribution is 2.36. The highest BCUT2D eigenvalue weighted by molar-refractivity contribution is 5.43. The molecule has 0 atom stereocenters. The fraction of sp³-hybridized carbons (Fsp3) is 0.111. The van der Waals surface area contributed by atoms with E-state index >= 15 is 0 Å². The maximum absolute atomic E-state index is 11.4. The van der Waals surface area contributed by atoms with Gasteiger partial charge in [0.1, 0.15) is 0 Å². The Kier molecular flexibility index (Phi) is 3.73. The first-order chi connectivity index (χ1) is 10.7. The molecule has 1 N–H and O–H groups in total. The van der Waals surface area contributed by atoms with Crippen LogP contribution in [0.2, 0.25) is 0 Å². The Balaban J connectivity index is 2.17. The van der Waals surface area contributed by atoms with E-state index in [1.165, 1.54) is 0 Å². The number of nitriles is 1. The van der Waals surface area contributed by atoms with Gasteiger partial charge in [-0.2, -0.15) is 5.26 Å². The fourth-order valence-electron chi connectivity index (χ4n) is 2.46. The summed E-state index contributed by atoms with van der Waals surface area (Å²) < 4.78 is 5.34. The average Bonchev–Trinajstić information content (AvgIpc) is 3.05. The van der Waals surface area contributed by atoms with Gasteiger partial charge >= 0.3 is 0 Å². The highest BCUT2D eigenvalue weighted by atomic mass is 16.5. The fourth-order valence-corrected chi connectivity index (χ4v) is 2.46. The Morgan fingerprint density at radius 2 is 1.55 bits per heavy atom. The van der Waals surface area contributed by atoms with Crippen molar-refractivity contribution in [3.63, 3.8) is 0 Å². The van der Waals surface area contributed by atoms with Gasteiger partial charge in [-0.1, -0.05) is 65.8 Å². The van der Waals surface area contributed by atoms with Crippen molar-refractivity contribution in [3.05, 3.63) is 89.3 Å². The molecule has 4 heteroatoms. The lowest BCUT2D eigenvalue weighted by Crippen LogP contribution is -2.28. The minimum Gasteiger partial charge on any atom is -0.373 e. The number of rotatable bonds is 4. The summed E-state index contributed by atoms with van der Waals surface area (Å²) in [6.45, 7) is 0. The van der Waals surface area contributed by atoms with Crippen LogP contribution >= 0.6 is 0 Å². The first-order valence-electron chi connectivity index (χ1n) is 6.91. The van der Waals surface area contributed by atoms with Crippen LogP contribution in [-0.2, 0) is 12.0 Å². The van der Waals surface area contributed by atoms with Gasteiger partial charge in [0.2, 0.25) is 0 Å². The topological polar surface area (TPSA) is 70.0 Å². The molecule has 1 aromatic heterocycles. The van der Waals surface area contributed by atoms with Crippen LogP contribution in [-0.4, -0.2) is 10.3 Å². The molecule has 3 rings (SSSR count). The Morgan fingerprint density at radius 1 is 1.00 bits per heavy atom. The molecule has 0 saturated carbocycles. The Hall–Kier alpha value is -2.90. The molecule has 0 amide bonds. The third-order valence-electron chi connectivity index (χ3n) is 3.56. The summed E-state index contributed by atoms with van der Waals surface area (Å²) in [5.41, 5.74) is 0.424. The van der Waals surface area contributed by atoms with Crippen LogP contribution < -0.4 is 0 Å². The minimum atomic E-state index is -1.44. The van der Waals surface area contributed by atoms with E-state index in [1.54, 1.807) is 6.07 Å². The van der Waals surface area contributed by atoms with Crippen LogP contribution in [0.3, 0.4) is 0 Å². The smallest absolute Gasteiger partial charge is 0.177 e. The van der Waals surface area contributed by atoms with Gasteiger partial charge < -0.3 is 9.63 Å². The first kappa shape index (κ1) is 14.1. The van der Waals surface area contributed by atoms with Crippen molar-refractivity contribution in [2.45, 2.75) is 12.0 Å². The lowest BCUT2D eigenvalue weighted by Gasteiger charge is -2.26. The Morgan fingerprint density at radius 3 is 2.05 bits per heavy atom. The van der Waals surface area contributed by atoms with Crippen molar-refractivity contribution < 1.29 is 9.63 Å². The van der Waals surface area contributed by atoms with Gasteiger partial charge in [0.05, 0.1) is 18.2 Å². The van der Waals surface area contributed by atoms with Gasteiger partial charge in [0.15, 0.2) is 11.4 Å². The summed E-state index contributed by atoms with van der Waals surface area (Å²) in [4.78, 5) is 0. The standard InChI is InChI=1S/C18H14N2O2/c19-12-11-16-13-17(22-20-16)18(21,14-7-3-1-4-8-14)15-9-5-2-6-10-15/h1-10,13,21H,11H2. The van der Waals surface area contributed by atoms with Crippen LogP contribution in [0, 0.1) is 11.3 Å². The van der Waals surface area contributed by atoms with Crippen LogP contribution in [0.25, 0.3) is 0 Å². The van der Waals surface area contributed by atoms with Crippen LogP contribution in [0.5, 0.6) is 0 Å². The summed E-state index contributed by atoms with van der Waals surface area (Å²) in [6, 6.07) is 22.2. The minimum absolute atomic E-state index is 0.142. The number of aliphatic hydroxyl groups is 1. The van der Waals surface area contributed by atoms with Crippen molar-refractivity contribution in [2.24, 2.45) is 0 Å². The molecule has 0 aliphatic heterocycles. The molecule has 0 saturated heterocycles. The van der Waals surface area contributed by atoms with Gasteiger partial charge in [-0.25, -0.2) is 0 Å². The van der Waals surface area contributed by atoms with Crippen molar-refractivity contribution in [1.82, 2.24) is 5.16 Å². The molecule has 2 aromatic carbocycles. The summed E-state index contributed by atoms with van der Waals surface area (Å²) in [7, 11) is 0. The van der Waals surface area contributed by atoms with Crippen LogP contribution in [0.1, 0.15) is 22.6 Å². The molecular weight excluding hydrogens is 276 g/mol. The van der Waals surface area contributed by atoms with E-state index in [4.69, 9.17) is 9.78 Å². The molecule has 0 fully saturated rings. The van der Waals surface area contributed by atoms with E-state index in [0.29, 0.717) is 22.6 Å². The van der Waals surface area contributed by atoms with E-state index < -0.39 is 5.60 Å². The molecule has 22 heavy (non-hydrogen) atoms. The predicted octanol–water partition coefficient (Wildman–Crippen LogP) is 3.02. The molecule has 1 heterocycles. The maximum atomic E-state index is 11.4. The molecule has 108 valence electrons. The molecule has 0 aliphatic rings. The molecule has 0 bridgehead atoms. The molecule has 0 aliphatic carbocycles. The number of hydrogen-bond acceptors (Lipinski definition) is 4. The molecule has 3 aromatic rings. The third-order valence-corrected chi connectivity index (χ3v) is 3.56. The SMILES string of the molecule is N#CCc1cc(C(O)(c2ccccc2)c2ccccc2)on1. The second-order valence-electron chi connectivity index (χ2n) is 4.96. The number of benzene rings is 2. The maximum Gasteiger partial charge on any atom is 0.177 e. The second-order valence-corrected chi connectivity index (χ2v) is 4.96. The van der Waals surface area contributed by atoms with E-state index in [0.717, 1.165) is 0 Å². The summed E-state index contributed by atoms with van der Waals surface area (Å²) in [6.07, 6.45) is 0.142. The van der Waals surface area contributed by atoms with Crippen molar-refractivity contribution in [3.8, 4) is 6.07 Å². The summed E-state index contributed by atoms with van der Waals surface area (Å²) in [5, 5.41) is 24.0. The number of hydrogen-bond donors (Lipinski definition) is 1. The normalized spacial score (nSPS) is 11.1. The van der Waals surface area contributed by atoms with Crippen molar-refractivity contribution >= 4 is 0 Å². The quantitative estimate of drug-likeness (QED) is 0.801. The lowest BCUT2D eigenvalue weighted by atomic mass is 9.84. The van der Waals surface area contributed by atoms with Gasteiger partial charge in [-0.15, -0.1) is 0 Å². The van der Waals surface area contributed by atoms with Crippen LogP contribution in [0.4, 0.5) is 0 Å². The Labute approximate surface area is 128 Å². The van der Waals surface area contributed by atoms with Gasteiger partial charge in [-0.3, -0.25) is 0 Å². The summed E-state index contributed by atoms with van der Waals surface area (Å²) >= 11 is 0. The van der Waals surface area contributed by atoms with Crippen molar-refractivity contribution in [2.75, 3.05) is 0 Å². The average molecular weight is 290 g/mol. The van der Waals surface area contributed by atoms with Gasteiger partial charge in [0.25, 0.3) is 0 Å². The number of nitrogens with zero attached hydrogens (tertiary/aromatic N) is 2. The first-order valence-corrected chi connectivity index (χ1v) is 6.91. The van der Waals surface area contributed by atoms with Gasteiger partial charge in [-0.05, 0) is 11.1 Å². The third kappa shape index (κ3) is 2.39. The lowest BCUT2D eigenvalue weighted by molar-refractivity contribution is 0.0907. The molecule has 0 radical (unpaired) electrons. The monoisotopic (exact) mass is 290 g/mol. The van der Waals surface area contributed by atoms with Crippen LogP contribution in [0.15, 0.2) is 71.3 Å². The van der Waals surface area contributed by atoms with E-state index in [-0.39, 0.29) is 6.42 Å².